The van der Waals surface area contributed by atoms with Crippen LogP contribution in [0.25, 0.3) is 12.2 Å². The van der Waals surface area contributed by atoms with Crippen molar-refractivity contribution in [2.75, 3.05) is 38.9 Å². The van der Waals surface area contributed by atoms with Gasteiger partial charge in [-0.25, -0.2) is 12.8 Å². The van der Waals surface area contributed by atoms with E-state index in [0.717, 1.165) is 0 Å². The van der Waals surface area contributed by atoms with Gasteiger partial charge in [-0.2, -0.15) is 0 Å². The van der Waals surface area contributed by atoms with Crippen LogP contribution in [0.3, 0.4) is 0 Å². The summed E-state index contributed by atoms with van der Waals surface area (Å²) in [4.78, 5) is -0.0254. The van der Waals surface area contributed by atoms with Crippen molar-refractivity contribution in [1.29, 1.82) is 0 Å². The minimum atomic E-state index is -4.01. The number of nitrogen functional groups attached to an aromatic ring is 1. The van der Waals surface area contributed by atoms with Crippen LogP contribution < -0.4 is 29.4 Å². The summed E-state index contributed by atoms with van der Waals surface area (Å²) in [5.74, 6) is 0.393. The molecule has 0 aromatic heterocycles. The zero-order valence-corrected chi connectivity index (χ0v) is 19.9. The SMILES string of the molecule is COc1cc(/C=C\c2cc(F)c(OC)c(NS(=O)(=O)c3ccc(N)cc3)c2)cc(OC)c1OC. The first-order valence-corrected chi connectivity index (χ1v) is 11.4. The van der Waals surface area contributed by atoms with Gasteiger partial charge in [-0.05, 0) is 59.7 Å². The third-order valence-electron chi connectivity index (χ3n) is 4.86. The Hall–Kier alpha value is -3.92. The van der Waals surface area contributed by atoms with E-state index >= 15 is 0 Å². The Morgan fingerprint density at radius 3 is 1.82 bits per heavy atom. The average molecular weight is 489 g/mol. The molecule has 3 rings (SSSR count). The number of sulfonamides is 1. The molecule has 0 radical (unpaired) electrons. The number of nitrogens with two attached hydrogens (primary N) is 1. The van der Waals surface area contributed by atoms with E-state index in [0.29, 0.717) is 34.1 Å². The van der Waals surface area contributed by atoms with E-state index in [9.17, 15) is 12.8 Å². The van der Waals surface area contributed by atoms with Gasteiger partial charge in [0.05, 0.1) is 39.0 Å². The van der Waals surface area contributed by atoms with E-state index < -0.39 is 15.8 Å². The van der Waals surface area contributed by atoms with Gasteiger partial charge in [-0.1, -0.05) is 12.2 Å². The Labute approximate surface area is 197 Å². The van der Waals surface area contributed by atoms with Crippen molar-refractivity contribution in [1.82, 2.24) is 0 Å². The standard InChI is InChI=1S/C24H25FN2O6S/c1-30-21-13-16(14-22(31-2)24(21)33-4)6-5-15-11-19(25)23(32-3)20(12-15)27-34(28,29)18-9-7-17(26)8-10-18/h5-14,27H,26H2,1-4H3/b6-5-. The smallest absolute Gasteiger partial charge is 0.262 e. The maximum Gasteiger partial charge on any atom is 0.262 e. The van der Waals surface area contributed by atoms with Crippen molar-refractivity contribution in [2.45, 2.75) is 4.90 Å². The molecule has 3 aromatic rings. The summed E-state index contributed by atoms with van der Waals surface area (Å²) in [6.07, 6.45) is 3.31. The fraction of sp³-hybridized carbons (Fsp3) is 0.167. The van der Waals surface area contributed by atoms with E-state index in [4.69, 9.17) is 24.7 Å². The molecular formula is C24H25FN2O6S. The zero-order valence-electron chi connectivity index (χ0n) is 19.1. The van der Waals surface area contributed by atoms with Crippen molar-refractivity contribution < 1.29 is 31.8 Å². The van der Waals surface area contributed by atoms with Gasteiger partial charge in [-0.15, -0.1) is 0 Å². The summed E-state index contributed by atoms with van der Waals surface area (Å²) in [5.41, 5.74) is 7.07. The summed E-state index contributed by atoms with van der Waals surface area (Å²) >= 11 is 0. The van der Waals surface area contributed by atoms with Crippen LogP contribution in [0, 0.1) is 5.82 Å². The number of methoxy groups -OCH3 is 4. The topological polar surface area (TPSA) is 109 Å². The second-order valence-electron chi connectivity index (χ2n) is 7.05. The van der Waals surface area contributed by atoms with Crippen molar-refractivity contribution in [2.24, 2.45) is 0 Å². The van der Waals surface area contributed by atoms with Crippen LogP contribution in [0.5, 0.6) is 23.0 Å². The molecule has 180 valence electrons. The Morgan fingerprint density at radius 2 is 1.32 bits per heavy atom. The predicted molar refractivity (Wildman–Crippen MR) is 130 cm³/mol. The first-order chi connectivity index (χ1) is 16.2. The number of benzene rings is 3. The summed E-state index contributed by atoms with van der Waals surface area (Å²) in [6.45, 7) is 0. The molecule has 0 saturated carbocycles. The minimum Gasteiger partial charge on any atom is -0.493 e. The maximum atomic E-state index is 14.7. The molecule has 0 spiro atoms. The first-order valence-electron chi connectivity index (χ1n) is 9.96. The fourth-order valence-corrected chi connectivity index (χ4v) is 4.29. The van der Waals surface area contributed by atoms with Crippen LogP contribution in [0.15, 0.2) is 53.4 Å². The van der Waals surface area contributed by atoms with Crippen LogP contribution in [0.2, 0.25) is 0 Å². The fourth-order valence-electron chi connectivity index (χ4n) is 3.23. The van der Waals surface area contributed by atoms with Crippen molar-refractivity contribution in [3.05, 3.63) is 65.5 Å². The van der Waals surface area contributed by atoms with Crippen molar-refractivity contribution >= 4 is 33.6 Å². The zero-order chi connectivity index (χ0) is 24.9. The van der Waals surface area contributed by atoms with E-state index in [2.05, 4.69) is 4.72 Å². The minimum absolute atomic E-state index is 0.0254. The quantitative estimate of drug-likeness (QED) is 0.339. The number of hydrogen-bond donors (Lipinski definition) is 2. The van der Waals surface area contributed by atoms with Crippen molar-refractivity contribution in [3.63, 3.8) is 0 Å². The normalized spacial score (nSPS) is 11.3. The monoisotopic (exact) mass is 488 g/mol. The lowest BCUT2D eigenvalue weighted by atomic mass is 10.1. The van der Waals surface area contributed by atoms with Gasteiger partial charge in [0.25, 0.3) is 10.0 Å². The highest BCUT2D eigenvalue weighted by molar-refractivity contribution is 7.92. The molecule has 0 fully saturated rings. The first kappa shape index (κ1) is 24.7. The summed E-state index contributed by atoms with van der Waals surface area (Å²) in [6, 6.07) is 11.8. The number of nitrogens with one attached hydrogen (secondary N) is 1. The number of hydrogen-bond acceptors (Lipinski definition) is 7. The summed E-state index contributed by atoms with van der Waals surface area (Å²) < 4.78 is 63.8. The molecular weight excluding hydrogens is 463 g/mol. The lowest BCUT2D eigenvalue weighted by Crippen LogP contribution is -2.14. The van der Waals surface area contributed by atoms with E-state index in [1.807, 2.05) is 0 Å². The second-order valence-corrected chi connectivity index (χ2v) is 8.73. The van der Waals surface area contributed by atoms with E-state index in [-0.39, 0.29) is 16.3 Å². The van der Waals surface area contributed by atoms with Crippen LogP contribution in [0.1, 0.15) is 11.1 Å². The highest BCUT2D eigenvalue weighted by Gasteiger charge is 2.19. The van der Waals surface area contributed by atoms with Crippen LogP contribution in [0.4, 0.5) is 15.8 Å². The summed E-state index contributed by atoms with van der Waals surface area (Å²) in [5, 5.41) is 0. The molecule has 0 atom stereocenters. The summed E-state index contributed by atoms with van der Waals surface area (Å²) in [7, 11) is 1.75. The Bertz CT molecular complexity index is 1280. The Balaban J connectivity index is 1.98. The van der Waals surface area contributed by atoms with Crippen LogP contribution in [-0.4, -0.2) is 36.9 Å². The molecule has 0 heterocycles. The highest BCUT2D eigenvalue weighted by Crippen LogP contribution is 2.39. The lowest BCUT2D eigenvalue weighted by molar-refractivity contribution is 0.324. The molecule has 3 aromatic carbocycles. The molecule has 0 amide bonds. The average Bonchev–Trinajstić information content (AvgIpc) is 2.81. The van der Waals surface area contributed by atoms with Gasteiger partial charge in [0, 0.05) is 5.69 Å². The maximum absolute atomic E-state index is 14.7. The number of rotatable bonds is 9. The van der Waals surface area contributed by atoms with E-state index in [1.165, 1.54) is 64.8 Å². The number of anilines is 2. The number of ether oxygens (including phenoxy) is 4. The molecule has 0 unspecified atom stereocenters. The van der Waals surface area contributed by atoms with Gasteiger partial charge < -0.3 is 24.7 Å². The molecule has 0 bridgehead atoms. The molecule has 3 N–H and O–H groups in total. The third-order valence-corrected chi connectivity index (χ3v) is 6.24. The van der Waals surface area contributed by atoms with Crippen LogP contribution >= 0.6 is 0 Å². The predicted octanol–water partition coefficient (Wildman–Crippen LogP) is 4.41. The van der Waals surface area contributed by atoms with Crippen LogP contribution in [-0.2, 0) is 10.0 Å². The van der Waals surface area contributed by atoms with Crippen molar-refractivity contribution in [3.8, 4) is 23.0 Å². The lowest BCUT2D eigenvalue weighted by Gasteiger charge is -2.14. The van der Waals surface area contributed by atoms with Gasteiger partial charge in [0.1, 0.15) is 0 Å². The van der Waals surface area contributed by atoms with Gasteiger partial charge in [0.15, 0.2) is 23.1 Å². The molecule has 0 saturated heterocycles. The second kappa shape index (κ2) is 10.3. The number of halogens is 1. The van der Waals surface area contributed by atoms with E-state index in [1.54, 1.807) is 24.3 Å². The van der Waals surface area contributed by atoms with Gasteiger partial charge >= 0.3 is 0 Å². The molecule has 10 heteroatoms. The Morgan fingerprint density at radius 1 is 0.794 bits per heavy atom. The highest BCUT2D eigenvalue weighted by atomic mass is 32.2. The van der Waals surface area contributed by atoms with Gasteiger partial charge in [-0.3, -0.25) is 4.72 Å². The molecule has 0 aliphatic rings. The molecule has 0 aliphatic carbocycles. The molecule has 8 nitrogen and oxygen atoms in total. The largest absolute Gasteiger partial charge is 0.493 e. The third kappa shape index (κ3) is 5.34. The van der Waals surface area contributed by atoms with Gasteiger partial charge in [0.2, 0.25) is 5.75 Å². The molecule has 0 aliphatic heterocycles. The Kier molecular flexibility index (Phi) is 7.52. The molecule has 34 heavy (non-hydrogen) atoms.